The van der Waals surface area contributed by atoms with Crippen LogP contribution in [0.2, 0.25) is 0 Å². The molecule has 1 unspecified atom stereocenters. The maximum Gasteiger partial charge on any atom is 0.340 e. The smallest absolute Gasteiger partial charge is 0.340 e. The minimum absolute atomic E-state index is 0.381. The van der Waals surface area contributed by atoms with E-state index in [0.717, 1.165) is 5.56 Å². The van der Waals surface area contributed by atoms with E-state index in [1.165, 1.54) is 0 Å². The van der Waals surface area contributed by atoms with E-state index in [2.05, 4.69) is 0 Å². The second-order valence-corrected chi connectivity index (χ2v) is 5.20. The molecule has 0 aliphatic carbocycles. The lowest BCUT2D eigenvalue weighted by Crippen LogP contribution is -2.45. The number of rotatable bonds is 3. The molecule has 0 aliphatic rings. The Morgan fingerprint density at radius 3 is 2.26 bits per heavy atom. The molecule has 104 valence electrons. The Morgan fingerprint density at radius 1 is 1.16 bits per heavy atom. The molecular weight excluding hydrogens is 246 g/mol. The van der Waals surface area contributed by atoms with Gasteiger partial charge in [-0.3, -0.25) is 0 Å². The monoisotopic (exact) mass is 265 g/mol. The summed E-state index contributed by atoms with van der Waals surface area (Å²) in [5, 5.41) is 0. The van der Waals surface area contributed by atoms with E-state index in [4.69, 9.17) is 15.2 Å². The number of carbonyl (C=O) groups excluding carboxylic acids is 2. The number of benzene rings is 1. The molecule has 5 heteroatoms. The zero-order valence-corrected chi connectivity index (χ0v) is 11.6. The summed E-state index contributed by atoms with van der Waals surface area (Å²) in [6.07, 6.45) is 0. The van der Waals surface area contributed by atoms with Crippen LogP contribution in [-0.4, -0.2) is 23.6 Å². The number of carbonyl (C=O) groups is 2. The molecule has 0 aliphatic heterocycles. The minimum atomic E-state index is -1.45. The molecule has 0 spiro atoms. The van der Waals surface area contributed by atoms with Gasteiger partial charge < -0.3 is 15.2 Å². The normalized spacial score (nSPS) is 12.7. The summed E-state index contributed by atoms with van der Waals surface area (Å²) < 4.78 is 10.1. The highest BCUT2D eigenvalue weighted by molar-refractivity contribution is 5.99. The first-order valence-electron chi connectivity index (χ1n) is 5.96. The SMILES string of the molecule is Cc1ccccc1OC(=O)C(N)C(=O)OC(C)(C)C. The molecule has 0 aromatic heterocycles. The van der Waals surface area contributed by atoms with Crippen LogP contribution < -0.4 is 10.5 Å². The van der Waals surface area contributed by atoms with Crippen molar-refractivity contribution in [3.8, 4) is 5.75 Å². The van der Waals surface area contributed by atoms with Crippen LogP contribution in [0.4, 0.5) is 0 Å². The lowest BCUT2D eigenvalue weighted by molar-refractivity contribution is -0.161. The minimum Gasteiger partial charge on any atom is -0.458 e. The Hall–Kier alpha value is -1.88. The second-order valence-electron chi connectivity index (χ2n) is 5.20. The van der Waals surface area contributed by atoms with Crippen molar-refractivity contribution in [3.63, 3.8) is 0 Å². The van der Waals surface area contributed by atoms with E-state index in [9.17, 15) is 9.59 Å². The van der Waals surface area contributed by atoms with Crippen LogP contribution in [-0.2, 0) is 14.3 Å². The van der Waals surface area contributed by atoms with Crippen molar-refractivity contribution in [1.82, 2.24) is 0 Å². The van der Waals surface area contributed by atoms with Gasteiger partial charge in [0.2, 0.25) is 6.04 Å². The van der Waals surface area contributed by atoms with E-state index in [-0.39, 0.29) is 0 Å². The molecule has 1 rings (SSSR count). The van der Waals surface area contributed by atoms with E-state index in [1.54, 1.807) is 45.9 Å². The second kappa shape index (κ2) is 5.84. The van der Waals surface area contributed by atoms with Crippen molar-refractivity contribution in [1.29, 1.82) is 0 Å². The third-order valence-corrected chi connectivity index (χ3v) is 2.22. The van der Waals surface area contributed by atoms with Gasteiger partial charge in [0.25, 0.3) is 0 Å². The lowest BCUT2D eigenvalue weighted by atomic mass is 10.2. The van der Waals surface area contributed by atoms with Gasteiger partial charge in [0.05, 0.1) is 0 Å². The Bertz CT molecular complexity index is 477. The fourth-order valence-corrected chi connectivity index (χ4v) is 1.30. The summed E-state index contributed by atoms with van der Waals surface area (Å²) >= 11 is 0. The number of hydrogen-bond acceptors (Lipinski definition) is 5. The van der Waals surface area contributed by atoms with E-state index < -0.39 is 23.6 Å². The van der Waals surface area contributed by atoms with Crippen molar-refractivity contribution >= 4 is 11.9 Å². The average Bonchev–Trinajstić information content (AvgIpc) is 2.28. The van der Waals surface area contributed by atoms with Gasteiger partial charge in [-0.15, -0.1) is 0 Å². The third-order valence-electron chi connectivity index (χ3n) is 2.22. The predicted molar refractivity (Wildman–Crippen MR) is 70.6 cm³/mol. The maximum atomic E-state index is 11.7. The maximum absolute atomic E-state index is 11.7. The first-order chi connectivity index (χ1) is 8.70. The summed E-state index contributed by atoms with van der Waals surface area (Å²) in [6, 6.07) is 5.53. The Labute approximate surface area is 112 Å². The van der Waals surface area contributed by atoms with Gasteiger partial charge in [0.1, 0.15) is 11.4 Å². The van der Waals surface area contributed by atoms with Crippen LogP contribution in [0.3, 0.4) is 0 Å². The third kappa shape index (κ3) is 4.71. The molecule has 0 heterocycles. The highest BCUT2D eigenvalue weighted by Gasteiger charge is 2.29. The van der Waals surface area contributed by atoms with Crippen molar-refractivity contribution < 1.29 is 19.1 Å². The molecule has 2 N–H and O–H groups in total. The summed E-state index contributed by atoms with van der Waals surface area (Å²) in [5.41, 5.74) is 5.60. The van der Waals surface area contributed by atoms with E-state index in [0.29, 0.717) is 5.75 Å². The molecular formula is C14H19NO4. The topological polar surface area (TPSA) is 78.6 Å². The summed E-state index contributed by atoms with van der Waals surface area (Å²) in [7, 11) is 0. The first kappa shape index (κ1) is 15.2. The van der Waals surface area contributed by atoms with Crippen LogP contribution in [0.1, 0.15) is 26.3 Å². The molecule has 1 aromatic rings. The Kier molecular flexibility index (Phi) is 4.67. The predicted octanol–water partition coefficient (Wildman–Crippen LogP) is 1.57. The van der Waals surface area contributed by atoms with E-state index >= 15 is 0 Å². The Morgan fingerprint density at radius 2 is 1.74 bits per heavy atom. The number of ether oxygens (including phenoxy) is 2. The molecule has 1 aromatic carbocycles. The lowest BCUT2D eigenvalue weighted by Gasteiger charge is -2.21. The Balaban J connectivity index is 2.68. The standard InChI is InChI=1S/C14H19NO4/c1-9-7-5-6-8-10(9)18-12(16)11(15)13(17)19-14(2,3)4/h5-8,11H,15H2,1-4H3. The average molecular weight is 265 g/mol. The van der Waals surface area contributed by atoms with Crippen molar-refractivity contribution in [3.05, 3.63) is 29.8 Å². The number of nitrogens with two attached hydrogens (primary N) is 1. The highest BCUT2D eigenvalue weighted by Crippen LogP contribution is 2.17. The molecule has 0 amide bonds. The fraction of sp³-hybridized carbons (Fsp3) is 0.429. The van der Waals surface area contributed by atoms with Crippen LogP contribution >= 0.6 is 0 Å². The fourth-order valence-electron chi connectivity index (χ4n) is 1.30. The summed E-state index contributed by atoms with van der Waals surface area (Å²) in [4.78, 5) is 23.4. The number of aryl methyl sites for hydroxylation is 1. The van der Waals surface area contributed by atoms with Crippen LogP contribution in [0.5, 0.6) is 5.75 Å². The van der Waals surface area contributed by atoms with Crippen molar-refractivity contribution in [2.75, 3.05) is 0 Å². The highest BCUT2D eigenvalue weighted by atomic mass is 16.6. The van der Waals surface area contributed by atoms with Gasteiger partial charge in [0.15, 0.2) is 0 Å². The number of hydrogen-bond donors (Lipinski definition) is 1. The van der Waals surface area contributed by atoms with Crippen LogP contribution in [0.15, 0.2) is 24.3 Å². The molecule has 5 nitrogen and oxygen atoms in total. The molecule has 0 saturated carbocycles. The molecule has 1 atom stereocenters. The van der Waals surface area contributed by atoms with Gasteiger partial charge >= 0.3 is 11.9 Å². The van der Waals surface area contributed by atoms with Crippen LogP contribution in [0.25, 0.3) is 0 Å². The van der Waals surface area contributed by atoms with Gasteiger partial charge in [-0.25, -0.2) is 9.59 Å². The van der Waals surface area contributed by atoms with Gasteiger partial charge in [0, 0.05) is 0 Å². The van der Waals surface area contributed by atoms with Crippen LogP contribution in [0, 0.1) is 6.92 Å². The summed E-state index contributed by atoms with van der Waals surface area (Å²) in [5.74, 6) is -1.25. The van der Waals surface area contributed by atoms with Crippen molar-refractivity contribution in [2.45, 2.75) is 39.3 Å². The molecule has 19 heavy (non-hydrogen) atoms. The number of para-hydroxylation sites is 1. The van der Waals surface area contributed by atoms with Crippen molar-refractivity contribution in [2.24, 2.45) is 5.73 Å². The zero-order chi connectivity index (χ0) is 14.6. The molecule has 0 bridgehead atoms. The zero-order valence-electron chi connectivity index (χ0n) is 11.6. The van der Waals surface area contributed by atoms with Gasteiger partial charge in [-0.05, 0) is 39.3 Å². The molecule has 0 saturated heterocycles. The quantitative estimate of drug-likeness (QED) is 0.510. The number of esters is 2. The molecule has 0 radical (unpaired) electrons. The largest absolute Gasteiger partial charge is 0.458 e. The molecule has 0 fully saturated rings. The van der Waals surface area contributed by atoms with Gasteiger partial charge in [-0.1, -0.05) is 18.2 Å². The van der Waals surface area contributed by atoms with Gasteiger partial charge in [-0.2, -0.15) is 0 Å². The summed E-state index contributed by atoms with van der Waals surface area (Å²) in [6.45, 7) is 6.89. The van der Waals surface area contributed by atoms with E-state index in [1.807, 2.05) is 6.07 Å². The first-order valence-corrected chi connectivity index (χ1v) is 5.96.